The predicted octanol–water partition coefficient (Wildman–Crippen LogP) is 3.26. The molecule has 6 heteroatoms. The lowest BCUT2D eigenvalue weighted by molar-refractivity contribution is -0.134. The number of benzene rings is 1. The number of hydrogen-bond donors (Lipinski definition) is 1. The largest absolute Gasteiger partial charge is 0.497 e. The maximum atomic E-state index is 12.2. The summed E-state index contributed by atoms with van der Waals surface area (Å²) in [4.78, 5) is 23.3. The predicted molar refractivity (Wildman–Crippen MR) is 96.8 cm³/mol. The highest BCUT2D eigenvalue weighted by molar-refractivity contribution is 6.03. The summed E-state index contributed by atoms with van der Waals surface area (Å²) in [6, 6.07) is 5.12. The van der Waals surface area contributed by atoms with Crippen LogP contribution >= 0.6 is 0 Å². The van der Waals surface area contributed by atoms with Gasteiger partial charge in [-0.25, -0.2) is 4.79 Å². The third-order valence-corrected chi connectivity index (χ3v) is 3.22. The highest BCUT2D eigenvalue weighted by Gasteiger charge is 2.07. The van der Waals surface area contributed by atoms with Crippen LogP contribution in [-0.4, -0.2) is 33.2 Å². The smallest absolute Gasteiger partial charge is 0.330 e. The number of amides is 1. The average Bonchev–Trinajstić information content (AvgIpc) is 2.60. The second-order valence-corrected chi connectivity index (χ2v) is 5.18. The highest BCUT2D eigenvalue weighted by atomic mass is 16.5. The van der Waals surface area contributed by atoms with Crippen LogP contribution < -0.4 is 14.8 Å². The zero-order chi connectivity index (χ0) is 18.8. The molecule has 0 saturated carbocycles. The molecule has 0 fully saturated rings. The van der Waals surface area contributed by atoms with E-state index in [-0.39, 0.29) is 5.91 Å². The van der Waals surface area contributed by atoms with E-state index in [0.717, 1.165) is 0 Å². The lowest BCUT2D eigenvalue weighted by Gasteiger charge is -2.10. The van der Waals surface area contributed by atoms with E-state index in [2.05, 4.69) is 10.1 Å². The topological polar surface area (TPSA) is 73.9 Å². The number of ether oxygens (including phenoxy) is 3. The van der Waals surface area contributed by atoms with E-state index in [1.54, 1.807) is 64.5 Å². The number of esters is 1. The first kappa shape index (κ1) is 20.0. The number of carbonyl (C=O) groups is 2. The van der Waals surface area contributed by atoms with Crippen molar-refractivity contribution >= 4 is 17.6 Å². The van der Waals surface area contributed by atoms with Gasteiger partial charge in [-0.3, -0.25) is 4.79 Å². The molecule has 1 aromatic rings. The summed E-state index contributed by atoms with van der Waals surface area (Å²) in [7, 11) is 4.40. The fourth-order valence-corrected chi connectivity index (χ4v) is 1.82. The van der Waals surface area contributed by atoms with Gasteiger partial charge in [0.15, 0.2) is 0 Å². The lowest BCUT2D eigenvalue weighted by atomic mass is 10.2. The fraction of sp³-hybridized carbons (Fsp3) is 0.263. The molecule has 1 rings (SSSR count). The van der Waals surface area contributed by atoms with Crippen molar-refractivity contribution in [3.63, 3.8) is 0 Å². The molecule has 0 saturated heterocycles. The summed E-state index contributed by atoms with van der Waals surface area (Å²) in [6.07, 6.45) is 6.42. The van der Waals surface area contributed by atoms with E-state index in [4.69, 9.17) is 9.47 Å². The second kappa shape index (κ2) is 9.97. The summed E-state index contributed by atoms with van der Waals surface area (Å²) in [5.74, 6) is 0.488. The van der Waals surface area contributed by atoms with Gasteiger partial charge in [0.2, 0.25) is 0 Å². The molecule has 0 heterocycles. The van der Waals surface area contributed by atoms with Crippen molar-refractivity contribution in [1.82, 2.24) is 0 Å². The maximum absolute atomic E-state index is 12.2. The number of nitrogens with one attached hydrogen (secondary N) is 1. The van der Waals surface area contributed by atoms with Crippen molar-refractivity contribution in [3.8, 4) is 11.5 Å². The van der Waals surface area contributed by atoms with E-state index in [0.29, 0.717) is 28.3 Å². The van der Waals surface area contributed by atoms with Gasteiger partial charge in [0.1, 0.15) is 11.5 Å². The quantitative estimate of drug-likeness (QED) is 0.466. The first-order valence-corrected chi connectivity index (χ1v) is 7.55. The molecule has 134 valence electrons. The van der Waals surface area contributed by atoms with Gasteiger partial charge in [0.25, 0.3) is 5.91 Å². The Balaban J connectivity index is 2.80. The Labute approximate surface area is 147 Å². The Morgan fingerprint density at radius 2 is 1.60 bits per heavy atom. The standard InChI is InChI=1S/C19H23NO5/c1-13(9-18(21)25-5)7-6-8-14(2)19(22)20-15-10-16(23-3)12-17(11-15)24-4/h6-12H,1-5H3,(H,20,22)/b7-6+,13-9+,14-8+. The molecular weight excluding hydrogens is 322 g/mol. The van der Waals surface area contributed by atoms with E-state index in [1.807, 2.05) is 0 Å². The minimum absolute atomic E-state index is 0.255. The van der Waals surface area contributed by atoms with Gasteiger partial charge in [-0.15, -0.1) is 0 Å². The van der Waals surface area contributed by atoms with Gasteiger partial charge < -0.3 is 19.5 Å². The fourth-order valence-electron chi connectivity index (χ4n) is 1.82. The third-order valence-electron chi connectivity index (χ3n) is 3.22. The summed E-state index contributed by atoms with van der Waals surface area (Å²) < 4.78 is 14.9. The van der Waals surface area contributed by atoms with Crippen molar-refractivity contribution in [3.05, 3.63) is 53.6 Å². The minimum Gasteiger partial charge on any atom is -0.497 e. The van der Waals surface area contributed by atoms with Crippen LogP contribution in [0.15, 0.2) is 53.6 Å². The van der Waals surface area contributed by atoms with Crippen LogP contribution in [0.3, 0.4) is 0 Å². The molecule has 6 nitrogen and oxygen atoms in total. The van der Waals surface area contributed by atoms with Crippen LogP contribution in [0.25, 0.3) is 0 Å². The SMILES string of the molecule is COC(=O)/C=C(C)/C=C/C=C(\C)C(=O)Nc1cc(OC)cc(OC)c1. The molecule has 0 atom stereocenters. The van der Waals surface area contributed by atoms with Gasteiger partial charge in [-0.1, -0.05) is 18.2 Å². The van der Waals surface area contributed by atoms with E-state index in [9.17, 15) is 9.59 Å². The van der Waals surface area contributed by atoms with Crippen molar-refractivity contribution in [2.75, 3.05) is 26.6 Å². The number of carbonyl (C=O) groups excluding carboxylic acids is 2. The molecule has 0 aliphatic rings. The van der Waals surface area contributed by atoms with Crippen molar-refractivity contribution < 1.29 is 23.8 Å². The molecule has 1 aromatic carbocycles. The first-order valence-electron chi connectivity index (χ1n) is 7.55. The van der Waals surface area contributed by atoms with Crippen LogP contribution in [0.2, 0.25) is 0 Å². The Morgan fingerprint density at radius 3 is 2.12 bits per heavy atom. The van der Waals surface area contributed by atoms with Crippen molar-refractivity contribution in [1.29, 1.82) is 0 Å². The summed E-state index contributed by atoms with van der Waals surface area (Å²) >= 11 is 0. The van der Waals surface area contributed by atoms with Crippen LogP contribution in [0.4, 0.5) is 5.69 Å². The molecule has 0 aromatic heterocycles. The maximum Gasteiger partial charge on any atom is 0.330 e. The Hall–Kier alpha value is -3.02. The first-order chi connectivity index (χ1) is 11.9. The van der Waals surface area contributed by atoms with Gasteiger partial charge in [0, 0.05) is 35.5 Å². The van der Waals surface area contributed by atoms with Crippen LogP contribution in [0, 0.1) is 0 Å². The Morgan fingerprint density at radius 1 is 1.00 bits per heavy atom. The third kappa shape index (κ3) is 6.95. The number of hydrogen-bond acceptors (Lipinski definition) is 5. The normalized spacial score (nSPS) is 12.0. The lowest BCUT2D eigenvalue weighted by Crippen LogP contribution is -2.12. The molecule has 25 heavy (non-hydrogen) atoms. The average molecular weight is 345 g/mol. The summed E-state index contributed by atoms with van der Waals surface area (Å²) in [5.41, 5.74) is 1.79. The molecule has 0 bridgehead atoms. The van der Waals surface area contributed by atoms with Gasteiger partial charge in [0.05, 0.1) is 21.3 Å². The number of anilines is 1. The van der Waals surface area contributed by atoms with Crippen molar-refractivity contribution in [2.45, 2.75) is 13.8 Å². The molecule has 0 aliphatic carbocycles. The van der Waals surface area contributed by atoms with Crippen LogP contribution in [-0.2, 0) is 14.3 Å². The monoisotopic (exact) mass is 345 g/mol. The van der Waals surface area contributed by atoms with Gasteiger partial charge in [-0.05, 0) is 19.4 Å². The zero-order valence-corrected chi connectivity index (χ0v) is 15.1. The molecular formula is C19H23NO5. The molecule has 0 unspecified atom stereocenters. The van der Waals surface area contributed by atoms with Crippen molar-refractivity contribution in [2.24, 2.45) is 0 Å². The number of allylic oxidation sites excluding steroid dienone is 4. The van der Waals surface area contributed by atoms with Crippen LogP contribution in [0.5, 0.6) is 11.5 Å². The van der Waals surface area contributed by atoms with E-state index in [1.165, 1.54) is 13.2 Å². The van der Waals surface area contributed by atoms with E-state index < -0.39 is 5.97 Å². The Bertz CT molecular complexity index is 694. The van der Waals surface area contributed by atoms with Gasteiger partial charge >= 0.3 is 5.97 Å². The molecule has 1 N–H and O–H groups in total. The number of methoxy groups -OCH3 is 3. The highest BCUT2D eigenvalue weighted by Crippen LogP contribution is 2.26. The van der Waals surface area contributed by atoms with Crippen LogP contribution in [0.1, 0.15) is 13.8 Å². The summed E-state index contributed by atoms with van der Waals surface area (Å²) in [5, 5.41) is 2.78. The minimum atomic E-state index is -0.424. The summed E-state index contributed by atoms with van der Waals surface area (Å²) in [6.45, 7) is 3.45. The zero-order valence-electron chi connectivity index (χ0n) is 15.1. The van der Waals surface area contributed by atoms with Gasteiger partial charge in [-0.2, -0.15) is 0 Å². The number of rotatable bonds is 7. The van der Waals surface area contributed by atoms with E-state index >= 15 is 0 Å². The second-order valence-electron chi connectivity index (χ2n) is 5.18. The molecule has 0 spiro atoms. The molecule has 0 aliphatic heterocycles. The molecule has 1 amide bonds. The Kier molecular flexibility index (Phi) is 7.99. The molecule has 0 radical (unpaired) electrons.